The van der Waals surface area contributed by atoms with Gasteiger partial charge in [-0.2, -0.15) is 0 Å². The van der Waals surface area contributed by atoms with Crippen LogP contribution in [0.1, 0.15) is 36.9 Å². The van der Waals surface area contributed by atoms with Crippen molar-refractivity contribution < 1.29 is 4.74 Å². The fourth-order valence-electron chi connectivity index (χ4n) is 1.42. The first-order valence-electron chi connectivity index (χ1n) is 4.99. The minimum absolute atomic E-state index is 0.0151. The van der Waals surface area contributed by atoms with Crippen LogP contribution in [0.5, 0.6) is 0 Å². The standard InChI is InChI=1S/C12H19NO/c1-9(2)10-5-4-6-11(7-10)12(13)8-14-3/h4-7,9,12H,8,13H2,1-3H3/t12-/m0/s1. The van der Waals surface area contributed by atoms with E-state index in [2.05, 4.69) is 38.1 Å². The molecule has 0 radical (unpaired) electrons. The number of ether oxygens (including phenoxy) is 1. The molecule has 0 fully saturated rings. The normalized spacial score (nSPS) is 13.2. The summed E-state index contributed by atoms with van der Waals surface area (Å²) in [6, 6.07) is 8.39. The van der Waals surface area contributed by atoms with Crippen LogP contribution in [0.25, 0.3) is 0 Å². The Morgan fingerprint density at radius 3 is 2.50 bits per heavy atom. The molecule has 2 nitrogen and oxygen atoms in total. The van der Waals surface area contributed by atoms with Crippen molar-refractivity contribution in [1.29, 1.82) is 0 Å². The van der Waals surface area contributed by atoms with Crippen molar-refractivity contribution >= 4 is 0 Å². The monoisotopic (exact) mass is 193 g/mol. The number of benzene rings is 1. The van der Waals surface area contributed by atoms with Gasteiger partial charge in [0.2, 0.25) is 0 Å². The SMILES string of the molecule is COC[C@H](N)c1cccc(C(C)C)c1. The maximum absolute atomic E-state index is 5.95. The van der Waals surface area contributed by atoms with Gasteiger partial charge in [0.1, 0.15) is 0 Å². The fourth-order valence-corrected chi connectivity index (χ4v) is 1.42. The molecule has 2 N–H and O–H groups in total. The highest BCUT2D eigenvalue weighted by Crippen LogP contribution is 2.18. The molecule has 14 heavy (non-hydrogen) atoms. The molecule has 0 saturated carbocycles. The third-order valence-electron chi connectivity index (χ3n) is 2.35. The van der Waals surface area contributed by atoms with Crippen LogP contribution >= 0.6 is 0 Å². The van der Waals surface area contributed by atoms with Gasteiger partial charge < -0.3 is 10.5 Å². The summed E-state index contributed by atoms with van der Waals surface area (Å²) in [6.45, 7) is 4.93. The van der Waals surface area contributed by atoms with Crippen LogP contribution in [0, 0.1) is 0 Å². The Kier molecular flexibility index (Phi) is 4.11. The van der Waals surface area contributed by atoms with Gasteiger partial charge in [0.05, 0.1) is 12.6 Å². The summed E-state index contributed by atoms with van der Waals surface area (Å²) in [7, 11) is 1.67. The van der Waals surface area contributed by atoms with Gasteiger partial charge in [-0.05, 0) is 17.0 Å². The Hall–Kier alpha value is -0.860. The quantitative estimate of drug-likeness (QED) is 0.797. The number of methoxy groups -OCH3 is 1. The van der Waals surface area contributed by atoms with E-state index in [1.165, 1.54) is 5.56 Å². The van der Waals surface area contributed by atoms with Gasteiger partial charge in [-0.3, -0.25) is 0 Å². The Balaban J connectivity index is 2.82. The zero-order valence-corrected chi connectivity index (χ0v) is 9.16. The highest BCUT2D eigenvalue weighted by Gasteiger charge is 2.06. The van der Waals surface area contributed by atoms with Gasteiger partial charge in [0, 0.05) is 7.11 Å². The minimum atomic E-state index is -0.0151. The molecule has 0 heterocycles. The summed E-state index contributed by atoms with van der Waals surface area (Å²) in [5.41, 5.74) is 8.43. The molecule has 1 atom stereocenters. The van der Waals surface area contributed by atoms with Crippen LogP contribution in [0.3, 0.4) is 0 Å². The second-order valence-corrected chi connectivity index (χ2v) is 3.89. The van der Waals surface area contributed by atoms with Crippen molar-refractivity contribution in [3.63, 3.8) is 0 Å². The molecule has 1 aromatic carbocycles. The molecule has 0 aliphatic heterocycles. The zero-order chi connectivity index (χ0) is 10.6. The van der Waals surface area contributed by atoms with Crippen LogP contribution in [0.15, 0.2) is 24.3 Å². The Morgan fingerprint density at radius 2 is 1.93 bits per heavy atom. The molecule has 0 unspecified atom stereocenters. The number of rotatable bonds is 4. The predicted molar refractivity (Wildman–Crippen MR) is 59.3 cm³/mol. The zero-order valence-electron chi connectivity index (χ0n) is 9.16. The Morgan fingerprint density at radius 1 is 1.29 bits per heavy atom. The summed E-state index contributed by atoms with van der Waals surface area (Å²) < 4.78 is 5.03. The second kappa shape index (κ2) is 5.13. The second-order valence-electron chi connectivity index (χ2n) is 3.89. The summed E-state index contributed by atoms with van der Waals surface area (Å²) >= 11 is 0. The van der Waals surface area contributed by atoms with E-state index in [4.69, 9.17) is 10.5 Å². The highest BCUT2D eigenvalue weighted by molar-refractivity contribution is 5.27. The van der Waals surface area contributed by atoms with Crippen molar-refractivity contribution in [3.8, 4) is 0 Å². The first kappa shape index (κ1) is 11.2. The summed E-state index contributed by atoms with van der Waals surface area (Å²) in [6.07, 6.45) is 0. The van der Waals surface area contributed by atoms with E-state index in [-0.39, 0.29) is 6.04 Å². The predicted octanol–water partition coefficient (Wildman–Crippen LogP) is 2.46. The van der Waals surface area contributed by atoms with Crippen LogP contribution in [-0.4, -0.2) is 13.7 Å². The molecule has 0 spiro atoms. The van der Waals surface area contributed by atoms with Crippen LogP contribution in [0.2, 0.25) is 0 Å². The van der Waals surface area contributed by atoms with Crippen LogP contribution < -0.4 is 5.73 Å². The highest BCUT2D eigenvalue weighted by atomic mass is 16.5. The van der Waals surface area contributed by atoms with E-state index in [0.29, 0.717) is 12.5 Å². The topological polar surface area (TPSA) is 35.2 Å². The molecule has 78 valence electrons. The average molecular weight is 193 g/mol. The lowest BCUT2D eigenvalue weighted by Gasteiger charge is -2.13. The van der Waals surface area contributed by atoms with E-state index >= 15 is 0 Å². The Bertz CT molecular complexity index is 283. The Labute approximate surface area is 86.1 Å². The molecule has 0 bridgehead atoms. The van der Waals surface area contributed by atoms with E-state index in [1.54, 1.807) is 7.11 Å². The van der Waals surface area contributed by atoms with E-state index in [9.17, 15) is 0 Å². The third kappa shape index (κ3) is 2.82. The molecule has 0 aromatic heterocycles. The molecule has 0 amide bonds. The fraction of sp³-hybridized carbons (Fsp3) is 0.500. The maximum Gasteiger partial charge on any atom is 0.0655 e. The maximum atomic E-state index is 5.95. The van der Waals surface area contributed by atoms with Crippen molar-refractivity contribution in [2.75, 3.05) is 13.7 Å². The van der Waals surface area contributed by atoms with Gasteiger partial charge in [-0.1, -0.05) is 38.1 Å². The van der Waals surface area contributed by atoms with Crippen LogP contribution in [-0.2, 0) is 4.74 Å². The molecular formula is C12H19NO. The largest absolute Gasteiger partial charge is 0.383 e. The lowest BCUT2D eigenvalue weighted by molar-refractivity contribution is 0.181. The lowest BCUT2D eigenvalue weighted by atomic mass is 9.98. The number of nitrogens with two attached hydrogens (primary N) is 1. The molecule has 2 heteroatoms. The third-order valence-corrected chi connectivity index (χ3v) is 2.35. The van der Waals surface area contributed by atoms with E-state index in [1.807, 2.05) is 0 Å². The molecule has 1 rings (SSSR count). The first-order chi connectivity index (χ1) is 6.65. The number of hydrogen-bond acceptors (Lipinski definition) is 2. The van der Waals surface area contributed by atoms with Crippen molar-refractivity contribution in [2.45, 2.75) is 25.8 Å². The average Bonchev–Trinajstić information content (AvgIpc) is 2.18. The lowest BCUT2D eigenvalue weighted by Crippen LogP contribution is -2.16. The summed E-state index contributed by atoms with van der Waals surface area (Å²) in [5, 5.41) is 0. The molecule has 0 aliphatic rings. The van der Waals surface area contributed by atoms with Gasteiger partial charge >= 0.3 is 0 Å². The summed E-state index contributed by atoms with van der Waals surface area (Å²) in [4.78, 5) is 0. The van der Waals surface area contributed by atoms with Crippen molar-refractivity contribution in [3.05, 3.63) is 35.4 Å². The molecule has 1 aromatic rings. The number of hydrogen-bond donors (Lipinski definition) is 1. The minimum Gasteiger partial charge on any atom is -0.383 e. The molecule has 0 aliphatic carbocycles. The molecular weight excluding hydrogens is 174 g/mol. The van der Waals surface area contributed by atoms with Crippen LogP contribution in [0.4, 0.5) is 0 Å². The van der Waals surface area contributed by atoms with E-state index in [0.717, 1.165) is 5.56 Å². The summed E-state index contributed by atoms with van der Waals surface area (Å²) in [5.74, 6) is 0.546. The molecule has 0 saturated heterocycles. The van der Waals surface area contributed by atoms with Crippen molar-refractivity contribution in [1.82, 2.24) is 0 Å². The van der Waals surface area contributed by atoms with Gasteiger partial charge in [-0.25, -0.2) is 0 Å². The smallest absolute Gasteiger partial charge is 0.0655 e. The first-order valence-corrected chi connectivity index (χ1v) is 4.99. The van der Waals surface area contributed by atoms with Crippen molar-refractivity contribution in [2.24, 2.45) is 5.73 Å². The van der Waals surface area contributed by atoms with Gasteiger partial charge in [-0.15, -0.1) is 0 Å². The van der Waals surface area contributed by atoms with E-state index < -0.39 is 0 Å². The van der Waals surface area contributed by atoms with Gasteiger partial charge in [0.15, 0.2) is 0 Å². The van der Waals surface area contributed by atoms with Gasteiger partial charge in [0.25, 0.3) is 0 Å².